The summed E-state index contributed by atoms with van der Waals surface area (Å²) in [7, 11) is -3.21. The Kier molecular flexibility index (Phi) is 8.23. The van der Waals surface area contributed by atoms with Gasteiger partial charge in [0.05, 0.1) is 14.1 Å². The summed E-state index contributed by atoms with van der Waals surface area (Å²) in [6.45, 7) is 18.2. The molecular formula is C16H34BNO2Si. The molecule has 2 atom stereocenters. The van der Waals surface area contributed by atoms with Crippen LogP contribution in [0.3, 0.4) is 0 Å². The van der Waals surface area contributed by atoms with Crippen LogP contribution in [0.4, 0.5) is 0 Å². The largest absolute Gasteiger partial charge is 0.452 e. The zero-order valence-corrected chi connectivity index (χ0v) is 16.1. The molecule has 0 aliphatic carbocycles. The first-order valence-corrected chi connectivity index (χ1v) is 10.6. The first-order valence-electron chi connectivity index (χ1n) is 8.29. The molecule has 0 amide bonds. The number of nitriles is 1. The Morgan fingerprint density at radius 2 is 1.29 bits per heavy atom. The van der Waals surface area contributed by atoms with Crippen molar-refractivity contribution in [3.8, 4) is 6.07 Å². The molecule has 2 unspecified atom stereocenters. The van der Waals surface area contributed by atoms with Gasteiger partial charge in [0.2, 0.25) is 0 Å². The minimum atomic E-state index is -1.82. The third-order valence-corrected chi connectivity index (χ3v) is 13.6. The fourth-order valence-electron chi connectivity index (χ4n) is 5.05. The standard InChI is InChI=1S/C16H34BNO2Si/c1-11(2)16(15(10-18)9-17(19)20)21(12(3)4,13(5)6)14(7)8/h11-16,19-20H,9H2,1-8H3. The van der Waals surface area contributed by atoms with E-state index in [2.05, 4.69) is 61.5 Å². The molecule has 21 heavy (non-hydrogen) atoms. The van der Waals surface area contributed by atoms with Gasteiger partial charge in [-0.1, -0.05) is 72.0 Å². The van der Waals surface area contributed by atoms with Crippen LogP contribution >= 0.6 is 0 Å². The van der Waals surface area contributed by atoms with E-state index in [4.69, 9.17) is 0 Å². The molecule has 3 nitrogen and oxygen atoms in total. The predicted octanol–water partition coefficient (Wildman–Crippen LogP) is 4.30. The third kappa shape index (κ3) is 4.34. The molecule has 0 saturated carbocycles. The first-order chi connectivity index (χ1) is 9.53. The summed E-state index contributed by atoms with van der Waals surface area (Å²) >= 11 is 0. The molecule has 0 aliphatic heterocycles. The van der Waals surface area contributed by atoms with Crippen molar-refractivity contribution in [2.75, 3.05) is 0 Å². The molecule has 0 aromatic carbocycles. The normalized spacial score (nSPS) is 15.7. The molecule has 5 heteroatoms. The van der Waals surface area contributed by atoms with Crippen molar-refractivity contribution in [2.24, 2.45) is 11.8 Å². The lowest BCUT2D eigenvalue weighted by Crippen LogP contribution is -2.53. The monoisotopic (exact) mass is 311 g/mol. The van der Waals surface area contributed by atoms with Gasteiger partial charge in [-0.05, 0) is 17.8 Å². The highest BCUT2D eigenvalue weighted by atomic mass is 28.3. The predicted molar refractivity (Wildman–Crippen MR) is 93.7 cm³/mol. The Morgan fingerprint density at radius 1 is 0.905 bits per heavy atom. The molecule has 0 aliphatic rings. The van der Waals surface area contributed by atoms with E-state index in [1.165, 1.54) is 0 Å². The molecule has 2 N–H and O–H groups in total. The van der Waals surface area contributed by atoms with Gasteiger partial charge in [-0.3, -0.25) is 0 Å². The lowest BCUT2D eigenvalue weighted by Gasteiger charge is -2.52. The van der Waals surface area contributed by atoms with E-state index in [0.717, 1.165) is 0 Å². The van der Waals surface area contributed by atoms with Crippen molar-refractivity contribution >= 4 is 15.2 Å². The topological polar surface area (TPSA) is 64.2 Å². The molecule has 0 fully saturated rings. The van der Waals surface area contributed by atoms with Crippen molar-refractivity contribution in [2.45, 2.75) is 83.9 Å². The highest BCUT2D eigenvalue weighted by Gasteiger charge is 2.52. The highest BCUT2D eigenvalue weighted by molar-refractivity contribution is 6.85. The van der Waals surface area contributed by atoms with Crippen LogP contribution in [-0.2, 0) is 0 Å². The first kappa shape index (κ1) is 20.7. The quantitative estimate of drug-likeness (QED) is 0.657. The third-order valence-electron chi connectivity index (χ3n) is 5.36. The number of nitrogens with zero attached hydrogens (tertiary/aromatic N) is 1. The van der Waals surface area contributed by atoms with Crippen LogP contribution in [0.1, 0.15) is 55.4 Å². The van der Waals surface area contributed by atoms with Gasteiger partial charge in [0, 0.05) is 5.92 Å². The minimum absolute atomic E-state index is 0.167. The van der Waals surface area contributed by atoms with Crippen LogP contribution in [0.5, 0.6) is 0 Å². The second kappa shape index (κ2) is 8.36. The summed E-state index contributed by atoms with van der Waals surface area (Å²) in [5.74, 6) is 0.108. The van der Waals surface area contributed by atoms with Crippen molar-refractivity contribution in [3.63, 3.8) is 0 Å². The van der Waals surface area contributed by atoms with Crippen LogP contribution in [0.2, 0.25) is 28.5 Å². The van der Waals surface area contributed by atoms with Crippen LogP contribution in [-0.4, -0.2) is 25.2 Å². The van der Waals surface area contributed by atoms with E-state index in [1.54, 1.807) is 0 Å². The van der Waals surface area contributed by atoms with E-state index in [-0.39, 0.29) is 17.8 Å². The van der Waals surface area contributed by atoms with E-state index < -0.39 is 15.2 Å². The van der Waals surface area contributed by atoms with Crippen molar-refractivity contribution in [1.82, 2.24) is 0 Å². The molecule has 0 radical (unpaired) electrons. The SMILES string of the molecule is CC(C)C(C(C#N)CB(O)O)[Si](C(C)C)(C(C)C)C(C)C. The Labute approximate surface area is 132 Å². The lowest BCUT2D eigenvalue weighted by molar-refractivity contribution is 0.380. The number of hydrogen-bond acceptors (Lipinski definition) is 3. The summed E-state index contributed by atoms with van der Waals surface area (Å²) < 4.78 is 0. The molecule has 0 bridgehead atoms. The Hall–Kier alpha value is -0.308. The van der Waals surface area contributed by atoms with E-state index in [0.29, 0.717) is 22.5 Å². The molecule has 0 rings (SSSR count). The summed E-state index contributed by atoms with van der Waals surface area (Å²) in [6, 6.07) is 2.40. The maximum absolute atomic E-state index is 9.65. The van der Waals surface area contributed by atoms with Gasteiger partial charge < -0.3 is 10.0 Å². The van der Waals surface area contributed by atoms with Gasteiger partial charge in [-0.2, -0.15) is 5.26 Å². The lowest BCUT2D eigenvalue weighted by atomic mass is 9.76. The molecule has 122 valence electrons. The maximum Gasteiger partial charge on any atom is 0.452 e. The second-order valence-electron chi connectivity index (χ2n) is 7.69. The maximum atomic E-state index is 9.65. The Balaban J connectivity index is 6.02. The minimum Gasteiger partial charge on any atom is -0.427 e. The Morgan fingerprint density at radius 3 is 1.48 bits per heavy atom. The number of rotatable bonds is 8. The molecule has 0 aromatic heterocycles. The van der Waals surface area contributed by atoms with E-state index in [9.17, 15) is 15.3 Å². The fourth-order valence-corrected chi connectivity index (χ4v) is 13.4. The Bertz CT molecular complexity index is 329. The molecule has 0 heterocycles. The van der Waals surface area contributed by atoms with Crippen LogP contribution in [0.15, 0.2) is 0 Å². The van der Waals surface area contributed by atoms with Gasteiger partial charge in [-0.25, -0.2) is 0 Å². The van der Waals surface area contributed by atoms with Crippen molar-refractivity contribution in [1.29, 1.82) is 5.26 Å². The molecule has 0 aromatic rings. The number of hydrogen-bond donors (Lipinski definition) is 2. The summed E-state index contributed by atoms with van der Waals surface area (Å²) in [6.07, 6.45) is 0.167. The molecular weight excluding hydrogens is 277 g/mol. The second-order valence-corrected chi connectivity index (χ2v) is 13.8. The van der Waals surface area contributed by atoms with Gasteiger partial charge in [0.1, 0.15) is 0 Å². The van der Waals surface area contributed by atoms with Crippen LogP contribution in [0, 0.1) is 23.2 Å². The average Bonchev–Trinajstić information content (AvgIpc) is 2.30. The van der Waals surface area contributed by atoms with Gasteiger partial charge in [0.15, 0.2) is 0 Å². The van der Waals surface area contributed by atoms with Gasteiger partial charge in [-0.15, -0.1) is 0 Å². The van der Waals surface area contributed by atoms with E-state index in [1.807, 2.05) is 0 Å². The summed E-state index contributed by atoms with van der Waals surface area (Å²) in [5, 5.41) is 28.4. The van der Waals surface area contributed by atoms with Crippen LogP contribution in [0.25, 0.3) is 0 Å². The average molecular weight is 311 g/mol. The molecule has 0 saturated heterocycles. The van der Waals surface area contributed by atoms with Crippen LogP contribution < -0.4 is 0 Å². The highest BCUT2D eigenvalue weighted by Crippen LogP contribution is 2.55. The van der Waals surface area contributed by atoms with Crippen molar-refractivity contribution in [3.05, 3.63) is 0 Å². The van der Waals surface area contributed by atoms with E-state index >= 15 is 0 Å². The summed E-state index contributed by atoms with van der Waals surface area (Å²) in [5.41, 5.74) is 1.98. The van der Waals surface area contributed by atoms with Gasteiger partial charge in [0.25, 0.3) is 0 Å². The molecule has 0 spiro atoms. The smallest absolute Gasteiger partial charge is 0.427 e. The fraction of sp³-hybridized carbons (Fsp3) is 0.938. The van der Waals surface area contributed by atoms with Gasteiger partial charge >= 0.3 is 7.12 Å². The van der Waals surface area contributed by atoms with Crippen molar-refractivity contribution < 1.29 is 10.0 Å². The summed E-state index contributed by atoms with van der Waals surface area (Å²) in [4.78, 5) is 0. The zero-order valence-electron chi connectivity index (χ0n) is 15.1. The zero-order chi connectivity index (χ0) is 17.0.